The van der Waals surface area contributed by atoms with Crippen LogP contribution in [-0.2, 0) is 16.4 Å². The van der Waals surface area contributed by atoms with Gasteiger partial charge in [-0.25, -0.2) is 13.4 Å². The van der Waals surface area contributed by atoms with Crippen molar-refractivity contribution in [3.05, 3.63) is 53.6 Å². The van der Waals surface area contributed by atoms with E-state index in [1.54, 1.807) is 47.6 Å². The zero-order chi connectivity index (χ0) is 13.2. The van der Waals surface area contributed by atoms with Crippen LogP contribution >= 0.6 is 11.6 Å². The van der Waals surface area contributed by atoms with Crippen molar-refractivity contribution < 1.29 is 8.42 Å². The van der Waals surface area contributed by atoms with Gasteiger partial charge < -0.3 is 4.57 Å². The molecule has 4 nitrogen and oxygen atoms in total. The number of rotatable bonds is 4. The first kappa shape index (κ1) is 13.1. The lowest BCUT2D eigenvalue weighted by Gasteiger charge is -2.16. The Morgan fingerprint density at radius 3 is 2.50 bits per heavy atom. The van der Waals surface area contributed by atoms with Gasteiger partial charge in [-0.2, -0.15) is 0 Å². The molecule has 0 aliphatic heterocycles. The first-order valence-corrected chi connectivity index (χ1v) is 7.70. The first-order valence-electron chi connectivity index (χ1n) is 5.37. The van der Waals surface area contributed by atoms with Gasteiger partial charge in [0.25, 0.3) is 0 Å². The maximum absolute atomic E-state index is 11.9. The van der Waals surface area contributed by atoms with Gasteiger partial charge in [-0.15, -0.1) is 0 Å². The summed E-state index contributed by atoms with van der Waals surface area (Å²) in [6.07, 6.45) is 6.21. The summed E-state index contributed by atoms with van der Waals surface area (Å²) < 4.78 is 25.5. The summed E-state index contributed by atoms with van der Waals surface area (Å²) in [6, 6.07) is 6.88. The molecule has 0 bridgehead atoms. The van der Waals surface area contributed by atoms with E-state index < -0.39 is 15.1 Å². The molecule has 0 aliphatic carbocycles. The van der Waals surface area contributed by atoms with Crippen molar-refractivity contribution in [3.63, 3.8) is 0 Å². The molecule has 0 fully saturated rings. The number of sulfone groups is 1. The Labute approximate surface area is 111 Å². The van der Waals surface area contributed by atoms with Crippen molar-refractivity contribution in [2.75, 3.05) is 6.26 Å². The Bertz CT molecular complexity index is 606. The lowest BCUT2D eigenvalue weighted by atomic mass is 10.1. The van der Waals surface area contributed by atoms with Crippen molar-refractivity contribution in [2.45, 2.75) is 11.8 Å². The molecule has 2 aromatic rings. The van der Waals surface area contributed by atoms with E-state index >= 15 is 0 Å². The van der Waals surface area contributed by atoms with Gasteiger partial charge in [-0.05, 0) is 17.7 Å². The van der Waals surface area contributed by atoms with Gasteiger partial charge in [0.1, 0.15) is 5.25 Å². The predicted octanol–water partition coefficient (Wildman–Crippen LogP) is 2.32. The summed E-state index contributed by atoms with van der Waals surface area (Å²) in [5.41, 5.74) is 0.732. The lowest BCUT2D eigenvalue weighted by Crippen LogP contribution is -2.17. The molecule has 0 N–H and O–H groups in total. The maximum atomic E-state index is 11.9. The molecule has 1 aromatic carbocycles. The van der Waals surface area contributed by atoms with Gasteiger partial charge in [0, 0.05) is 30.2 Å². The molecule has 18 heavy (non-hydrogen) atoms. The van der Waals surface area contributed by atoms with Crippen molar-refractivity contribution in [1.29, 1.82) is 0 Å². The Kier molecular flexibility index (Phi) is 3.73. The van der Waals surface area contributed by atoms with E-state index in [-0.39, 0.29) is 0 Å². The zero-order valence-corrected chi connectivity index (χ0v) is 11.4. The third-order valence-corrected chi connectivity index (χ3v) is 4.40. The molecule has 1 aromatic heterocycles. The van der Waals surface area contributed by atoms with Crippen LogP contribution in [-0.4, -0.2) is 24.2 Å². The number of nitrogens with zero attached hydrogens (tertiary/aromatic N) is 2. The van der Waals surface area contributed by atoms with E-state index in [1.165, 1.54) is 6.26 Å². The van der Waals surface area contributed by atoms with Crippen LogP contribution in [0.1, 0.15) is 10.8 Å². The standard InChI is InChI=1S/C12H13ClN2O2S/c1-18(16,17)12(8-15-7-6-14-9-15)10-2-4-11(13)5-3-10/h2-7,9,12H,8H2,1H3/t12-/m1/s1. The summed E-state index contributed by atoms with van der Waals surface area (Å²) in [6.45, 7) is 0.348. The van der Waals surface area contributed by atoms with Crippen molar-refractivity contribution in [1.82, 2.24) is 9.55 Å². The molecule has 2 rings (SSSR count). The second-order valence-corrected chi connectivity index (χ2v) is 6.79. The zero-order valence-electron chi connectivity index (χ0n) is 9.82. The highest BCUT2D eigenvalue weighted by Crippen LogP contribution is 2.25. The normalized spacial score (nSPS) is 13.4. The highest BCUT2D eigenvalue weighted by molar-refractivity contribution is 7.90. The van der Waals surface area contributed by atoms with Crippen molar-refractivity contribution >= 4 is 21.4 Å². The van der Waals surface area contributed by atoms with Crippen LogP contribution in [0.2, 0.25) is 5.02 Å². The van der Waals surface area contributed by atoms with E-state index in [0.717, 1.165) is 5.56 Å². The van der Waals surface area contributed by atoms with E-state index in [4.69, 9.17) is 11.6 Å². The average molecular weight is 285 g/mol. The number of imidazole rings is 1. The highest BCUT2D eigenvalue weighted by Gasteiger charge is 2.23. The fraction of sp³-hybridized carbons (Fsp3) is 0.250. The predicted molar refractivity (Wildman–Crippen MR) is 71.3 cm³/mol. The fourth-order valence-corrected chi connectivity index (χ4v) is 2.97. The molecule has 0 unspecified atom stereocenters. The molecule has 0 aliphatic rings. The van der Waals surface area contributed by atoms with Gasteiger partial charge in [-0.1, -0.05) is 23.7 Å². The van der Waals surface area contributed by atoms with Crippen LogP contribution in [0.5, 0.6) is 0 Å². The highest BCUT2D eigenvalue weighted by atomic mass is 35.5. The Morgan fingerprint density at radius 1 is 1.33 bits per heavy atom. The first-order chi connectivity index (χ1) is 8.47. The van der Waals surface area contributed by atoms with Crippen molar-refractivity contribution in [2.24, 2.45) is 0 Å². The Balaban J connectivity index is 2.34. The lowest BCUT2D eigenvalue weighted by molar-refractivity contribution is 0.568. The molecule has 0 spiro atoms. The average Bonchev–Trinajstić information content (AvgIpc) is 2.79. The van der Waals surface area contributed by atoms with E-state index in [0.29, 0.717) is 11.6 Å². The maximum Gasteiger partial charge on any atom is 0.156 e. The largest absolute Gasteiger partial charge is 0.336 e. The van der Waals surface area contributed by atoms with Gasteiger partial charge in [0.05, 0.1) is 6.33 Å². The minimum Gasteiger partial charge on any atom is -0.336 e. The molecule has 0 radical (unpaired) electrons. The number of hydrogen-bond acceptors (Lipinski definition) is 3. The molecular weight excluding hydrogens is 272 g/mol. The fourth-order valence-electron chi connectivity index (χ4n) is 1.75. The topological polar surface area (TPSA) is 52.0 Å². The molecule has 1 heterocycles. The monoisotopic (exact) mass is 284 g/mol. The number of benzene rings is 1. The second kappa shape index (κ2) is 5.12. The van der Waals surface area contributed by atoms with Crippen LogP contribution in [0.25, 0.3) is 0 Å². The molecule has 1 atom stereocenters. The quantitative estimate of drug-likeness (QED) is 0.866. The molecule has 0 amide bonds. The van der Waals surface area contributed by atoms with E-state index in [1.807, 2.05) is 0 Å². The molecule has 6 heteroatoms. The Morgan fingerprint density at radius 2 is 2.00 bits per heavy atom. The van der Waals surface area contributed by atoms with Gasteiger partial charge in [-0.3, -0.25) is 0 Å². The van der Waals surface area contributed by atoms with Gasteiger partial charge in [0.2, 0.25) is 0 Å². The minimum absolute atomic E-state index is 0.348. The van der Waals surface area contributed by atoms with Crippen LogP contribution in [0.3, 0.4) is 0 Å². The smallest absolute Gasteiger partial charge is 0.156 e. The van der Waals surface area contributed by atoms with Crippen LogP contribution in [0, 0.1) is 0 Å². The summed E-state index contributed by atoms with van der Waals surface area (Å²) in [4.78, 5) is 3.91. The molecule has 0 saturated carbocycles. The summed E-state index contributed by atoms with van der Waals surface area (Å²) in [5, 5.41) is -0.00222. The summed E-state index contributed by atoms with van der Waals surface area (Å²) in [5.74, 6) is 0. The third-order valence-electron chi connectivity index (χ3n) is 2.69. The minimum atomic E-state index is -3.20. The van der Waals surface area contributed by atoms with Crippen molar-refractivity contribution in [3.8, 4) is 0 Å². The van der Waals surface area contributed by atoms with Gasteiger partial charge >= 0.3 is 0 Å². The van der Waals surface area contributed by atoms with Crippen LogP contribution in [0.15, 0.2) is 43.0 Å². The van der Waals surface area contributed by atoms with Gasteiger partial charge in [0.15, 0.2) is 9.84 Å². The number of halogens is 1. The second-order valence-electron chi connectivity index (χ2n) is 4.13. The summed E-state index contributed by atoms with van der Waals surface area (Å²) in [7, 11) is -3.20. The molecule has 0 saturated heterocycles. The van der Waals surface area contributed by atoms with E-state index in [2.05, 4.69) is 4.98 Å². The number of hydrogen-bond donors (Lipinski definition) is 0. The number of aromatic nitrogens is 2. The molecular formula is C12H13ClN2O2S. The third kappa shape index (κ3) is 3.11. The van der Waals surface area contributed by atoms with Crippen LogP contribution in [0.4, 0.5) is 0 Å². The van der Waals surface area contributed by atoms with E-state index in [9.17, 15) is 8.42 Å². The SMILES string of the molecule is CS(=O)(=O)[C@H](Cn1ccnc1)c1ccc(Cl)cc1. The molecule has 96 valence electrons. The summed E-state index contributed by atoms with van der Waals surface area (Å²) >= 11 is 5.81. The Hall–Kier alpha value is -1.33. The van der Waals surface area contributed by atoms with Crippen LogP contribution < -0.4 is 0 Å².